The summed E-state index contributed by atoms with van der Waals surface area (Å²) in [4.78, 5) is 0. The number of aryl methyl sites for hydroxylation is 1. The highest BCUT2D eigenvalue weighted by atomic mass is 16.4. The highest BCUT2D eigenvalue weighted by Crippen LogP contribution is 2.04. The molecule has 0 spiro atoms. The van der Waals surface area contributed by atoms with Crippen molar-refractivity contribution in [1.82, 2.24) is 0 Å². The van der Waals surface area contributed by atoms with E-state index in [-0.39, 0.29) is 5.84 Å². The van der Waals surface area contributed by atoms with Gasteiger partial charge in [-0.2, -0.15) is 0 Å². The topological polar surface area (TPSA) is 58.6 Å². The van der Waals surface area contributed by atoms with Crippen LogP contribution < -0.4 is 5.73 Å². The Bertz CT molecular complexity index is 294. The lowest BCUT2D eigenvalue weighted by atomic mass is 10.1. The first-order chi connectivity index (χ1) is 5.72. The predicted octanol–water partition coefficient (Wildman–Crippen LogP) is 1.28. The molecule has 0 radical (unpaired) electrons. The maximum Gasteiger partial charge on any atom is 0.143 e. The van der Waals surface area contributed by atoms with Gasteiger partial charge in [-0.15, -0.1) is 0 Å². The molecule has 12 heavy (non-hydrogen) atoms. The lowest BCUT2D eigenvalue weighted by molar-refractivity contribution is 0.317. The molecular weight excluding hydrogens is 152 g/mol. The molecule has 0 heterocycles. The van der Waals surface area contributed by atoms with E-state index in [0.717, 1.165) is 5.56 Å². The summed E-state index contributed by atoms with van der Waals surface area (Å²) in [7, 11) is 0. The van der Waals surface area contributed by atoms with Gasteiger partial charge in [-0.05, 0) is 12.5 Å². The lowest BCUT2D eigenvalue weighted by Crippen LogP contribution is -2.14. The molecule has 0 aliphatic heterocycles. The van der Waals surface area contributed by atoms with Crippen LogP contribution in [0, 0.1) is 6.92 Å². The minimum Gasteiger partial charge on any atom is -0.409 e. The predicted molar refractivity (Wildman–Crippen MR) is 48.3 cm³/mol. The van der Waals surface area contributed by atoms with Crippen molar-refractivity contribution in [3.8, 4) is 0 Å². The van der Waals surface area contributed by atoms with Gasteiger partial charge >= 0.3 is 0 Å². The number of rotatable bonds is 2. The van der Waals surface area contributed by atoms with Gasteiger partial charge < -0.3 is 10.9 Å². The van der Waals surface area contributed by atoms with Gasteiger partial charge in [0.05, 0.1) is 0 Å². The quantitative estimate of drug-likeness (QED) is 0.299. The molecule has 0 saturated carbocycles. The van der Waals surface area contributed by atoms with Crippen molar-refractivity contribution in [2.75, 3.05) is 0 Å². The third kappa shape index (κ3) is 2.27. The van der Waals surface area contributed by atoms with E-state index in [4.69, 9.17) is 10.9 Å². The Balaban J connectivity index is 2.76. The van der Waals surface area contributed by atoms with Crippen molar-refractivity contribution < 1.29 is 5.21 Å². The zero-order valence-corrected chi connectivity index (χ0v) is 6.99. The molecule has 0 fully saturated rings. The van der Waals surface area contributed by atoms with Gasteiger partial charge in [-0.1, -0.05) is 35.0 Å². The summed E-state index contributed by atoms with van der Waals surface area (Å²) in [5.74, 6) is 0.237. The normalized spacial score (nSPS) is 11.6. The van der Waals surface area contributed by atoms with Crippen molar-refractivity contribution >= 4 is 5.84 Å². The largest absolute Gasteiger partial charge is 0.409 e. The summed E-state index contributed by atoms with van der Waals surface area (Å²) in [6.45, 7) is 2.01. The van der Waals surface area contributed by atoms with Crippen molar-refractivity contribution in [2.24, 2.45) is 10.9 Å². The fraction of sp³-hybridized carbons (Fsp3) is 0.222. The number of hydrogen-bond donors (Lipinski definition) is 2. The number of oxime groups is 1. The Morgan fingerprint density at radius 1 is 1.58 bits per heavy atom. The minimum atomic E-state index is 0.237. The molecule has 64 valence electrons. The molecular formula is C9H12N2O. The molecule has 3 nitrogen and oxygen atoms in total. The summed E-state index contributed by atoms with van der Waals surface area (Å²) in [6.07, 6.45) is 0.498. The molecule has 0 unspecified atom stereocenters. The van der Waals surface area contributed by atoms with E-state index in [1.807, 2.05) is 31.2 Å². The van der Waals surface area contributed by atoms with Crippen LogP contribution in [0.3, 0.4) is 0 Å². The molecule has 3 heteroatoms. The minimum absolute atomic E-state index is 0.237. The molecule has 3 N–H and O–H groups in total. The maximum absolute atomic E-state index is 8.33. The lowest BCUT2D eigenvalue weighted by Gasteiger charge is -1.99. The van der Waals surface area contributed by atoms with Gasteiger partial charge in [-0.3, -0.25) is 0 Å². The fourth-order valence-corrected chi connectivity index (χ4v) is 1.07. The average molecular weight is 164 g/mol. The van der Waals surface area contributed by atoms with Gasteiger partial charge in [0, 0.05) is 6.42 Å². The molecule has 1 aromatic carbocycles. The van der Waals surface area contributed by atoms with Crippen LogP contribution in [0.15, 0.2) is 29.4 Å². The Kier molecular flexibility index (Phi) is 2.69. The van der Waals surface area contributed by atoms with Gasteiger partial charge in [0.25, 0.3) is 0 Å². The second-order valence-electron chi connectivity index (χ2n) is 2.76. The first-order valence-corrected chi connectivity index (χ1v) is 3.74. The zero-order valence-electron chi connectivity index (χ0n) is 6.99. The molecule has 0 aliphatic rings. The van der Waals surface area contributed by atoms with Crippen LogP contribution >= 0.6 is 0 Å². The van der Waals surface area contributed by atoms with E-state index >= 15 is 0 Å². The summed E-state index contributed by atoms with van der Waals surface area (Å²) >= 11 is 0. The van der Waals surface area contributed by atoms with Crippen LogP contribution in [-0.4, -0.2) is 11.0 Å². The molecule has 0 saturated heterocycles. The van der Waals surface area contributed by atoms with E-state index in [1.54, 1.807) is 0 Å². The highest BCUT2D eigenvalue weighted by molar-refractivity contribution is 5.82. The molecule has 1 aromatic rings. The van der Waals surface area contributed by atoms with Gasteiger partial charge in [0.1, 0.15) is 5.84 Å². The summed E-state index contributed by atoms with van der Waals surface area (Å²) in [5, 5.41) is 11.2. The maximum atomic E-state index is 8.33. The van der Waals surface area contributed by atoms with Crippen LogP contribution in [0.1, 0.15) is 11.1 Å². The summed E-state index contributed by atoms with van der Waals surface area (Å²) < 4.78 is 0. The van der Waals surface area contributed by atoms with Crippen LogP contribution in [0.4, 0.5) is 0 Å². The Hall–Kier alpha value is -1.51. The molecule has 0 aliphatic carbocycles. The van der Waals surface area contributed by atoms with Crippen molar-refractivity contribution in [1.29, 1.82) is 0 Å². The Labute approximate surface area is 71.5 Å². The molecule has 0 aromatic heterocycles. The number of amidine groups is 1. The van der Waals surface area contributed by atoms with Crippen molar-refractivity contribution in [2.45, 2.75) is 13.3 Å². The Morgan fingerprint density at radius 2 is 2.33 bits per heavy atom. The summed E-state index contributed by atoms with van der Waals surface area (Å²) in [5.41, 5.74) is 7.59. The van der Waals surface area contributed by atoms with Gasteiger partial charge in [0.2, 0.25) is 0 Å². The second kappa shape index (κ2) is 3.76. The van der Waals surface area contributed by atoms with Crippen LogP contribution in [-0.2, 0) is 6.42 Å². The standard InChI is InChI=1S/C9H12N2O/c1-7-3-2-4-8(5-7)6-9(10)11-12/h2-5,12H,6H2,1H3,(H2,10,11). The van der Waals surface area contributed by atoms with E-state index in [1.165, 1.54) is 5.56 Å². The molecule has 1 rings (SSSR count). The van der Waals surface area contributed by atoms with Crippen LogP contribution in [0.2, 0.25) is 0 Å². The number of nitrogens with two attached hydrogens (primary N) is 1. The van der Waals surface area contributed by atoms with Crippen LogP contribution in [0.5, 0.6) is 0 Å². The third-order valence-electron chi connectivity index (χ3n) is 1.60. The van der Waals surface area contributed by atoms with Gasteiger partial charge in [0.15, 0.2) is 0 Å². The molecule has 0 amide bonds. The van der Waals surface area contributed by atoms with Crippen molar-refractivity contribution in [3.63, 3.8) is 0 Å². The first kappa shape index (κ1) is 8.59. The third-order valence-corrected chi connectivity index (χ3v) is 1.60. The Morgan fingerprint density at radius 3 is 2.92 bits per heavy atom. The fourth-order valence-electron chi connectivity index (χ4n) is 1.07. The smallest absolute Gasteiger partial charge is 0.143 e. The molecule has 0 bridgehead atoms. The average Bonchev–Trinajstić information content (AvgIpc) is 2.04. The SMILES string of the molecule is Cc1cccc(C/C(N)=N\O)c1. The first-order valence-electron chi connectivity index (χ1n) is 3.74. The summed E-state index contributed by atoms with van der Waals surface area (Å²) in [6, 6.07) is 7.92. The number of benzene rings is 1. The van der Waals surface area contributed by atoms with E-state index in [2.05, 4.69) is 5.16 Å². The highest BCUT2D eigenvalue weighted by Gasteiger charge is 1.96. The van der Waals surface area contributed by atoms with Crippen molar-refractivity contribution in [3.05, 3.63) is 35.4 Å². The number of nitrogens with zero attached hydrogens (tertiary/aromatic N) is 1. The monoisotopic (exact) mass is 164 g/mol. The zero-order chi connectivity index (χ0) is 8.97. The van der Waals surface area contributed by atoms with E-state index < -0.39 is 0 Å². The van der Waals surface area contributed by atoms with E-state index in [9.17, 15) is 0 Å². The van der Waals surface area contributed by atoms with Gasteiger partial charge in [-0.25, -0.2) is 0 Å². The molecule has 0 atom stereocenters. The van der Waals surface area contributed by atoms with Crippen LogP contribution in [0.25, 0.3) is 0 Å². The van der Waals surface area contributed by atoms with E-state index in [0.29, 0.717) is 6.42 Å². The second-order valence-corrected chi connectivity index (χ2v) is 2.76. The number of hydrogen-bond acceptors (Lipinski definition) is 2.